The number of methoxy groups -OCH3 is 2. The summed E-state index contributed by atoms with van der Waals surface area (Å²) in [6.45, 7) is 7.31. The van der Waals surface area contributed by atoms with E-state index < -0.39 is 0 Å². The predicted octanol–water partition coefficient (Wildman–Crippen LogP) is 3.74. The third-order valence-electron chi connectivity index (χ3n) is 6.18. The molecule has 3 aliphatic rings. The number of rotatable bonds is 2. The summed E-state index contributed by atoms with van der Waals surface area (Å²) < 4.78 is 17.1. The molecule has 0 aromatic carbocycles. The fourth-order valence-electron chi connectivity index (χ4n) is 5.26. The van der Waals surface area contributed by atoms with Gasteiger partial charge < -0.3 is 14.2 Å². The zero-order chi connectivity index (χ0) is 14.5. The Hall–Kier alpha value is -0.380. The lowest BCUT2D eigenvalue weighted by molar-refractivity contribution is -0.205. The second-order valence-corrected chi connectivity index (χ2v) is 7.63. The largest absolute Gasteiger partial charge is 0.355 e. The van der Waals surface area contributed by atoms with E-state index in [1.807, 2.05) is 0 Å². The van der Waals surface area contributed by atoms with Crippen molar-refractivity contribution in [2.24, 2.45) is 22.7 Å². The molecular weight excluding hydrogens is 252 g/mol. The summed E-state index contributed by atoms with van der Waals surface area (Å²) in [5.74, 6) is 1.05. The standard InChI is InChI=1S/C17H28O3/c1-16(2)9-6-10-17(3)12(16)8-7-11-13(17)15(19-5)20-14(11)18-4/h7,12-15H,6,8-10H2,1-5H3/t12?,13?,14-,15+,17-/m0/s1. The minimum Gasteiger partial charge on any atom is -0.355 e. The van der Waals surface area contributed by atoms with Crippen LogP contribution < -0.4 is 0 Å². The molecule has 2 fully saturated rings. The fraction of sp³-hybridized carbons (Fsp3) is 0.882. The average Bonchev–Trinajstić information content (AvgIpc) is 2.77. The molecule has 5 atom stereocenters. The normalized spacial score (nSPS) is 46.5. The Kier molecular flexibility index (Phi) is 3.51. The molecule has 2 aliphatic carbocycles. The lowest BCUT2D eigenvalue weighted by Crippen LogP contribution is -2.50. The molecule has 0 bridgehead atoms. The molecule has 1 saturated heterocycles. The Bertz CT molecular complexity index is 414. The molecule has 0 spiro atoms. The second kappa shape index (κ2) is 4.82. The third kappa shape index (κ3) is 1.90. The van der Waals surface area contributed by atoms with Gasteiger partial charge in [0.2, 0.25) is 0 Å². The number of ether oxygens (including phenoxy) is 3. The molecular formula is C17H28O3. The maximum absolute atomic E-state index is 5.98. The van der Waals surface area contributed by atoms with E-state index in [-0.39, 0.29) is 18.0 Å². The molecule has 0 amide bonds. The van der Waals surface area contributed by atoms with Crippen LogP contribution in [0, 0.1) is 22.7 Å². The quantitative estimate of drug-likeness (QED) is 0.721. The number of fused-ring (bicyclic) bond motifs is 3. The molecule has 1 saturated carbocycles. The highest BCUT2D eigenvalue weighted by molar-refractivity contribution is 5.25. The van der Waals surface area contributed by atoms with Gasteiger partial charge in [-0.3, -0.25) is 0 Å². The number of allylic oxidation sites excluding steroid dienone is 1. The monoisotopic (exact) mass is 280 g/mol. The summed E-state index contributed by atoms with van der Waals surface area (Å²) in [7, 11) is 3.47. The molecule has 1 aliphatic heterocycles. The lowest BCUT2D eigenvalue weighted by atomic mass is 9.49. The van der Waals surface area contributed by atoms with Crippen molar-refractivity contribution in [1.82, 2.24) is 0 Å². The first-order chi connectivity index (χ1) is 9.44. The Labute approximate surface area is 122 Å². The topological polar surface area (TPSA) is 27.7 Å². The van der Waals surface area contributed by atoms with E-state index in [1.54, 1.807) is 14.2 Å². The summed E-state index contributed by atoms with van der Waals surface area (Å²) in [6, 6.07) is 0. The summed E-state index contributed by atoms with van der Waals surface area (Å²) >= 11 is 0. The van der Waals surface area contributed by atoms with Crippen molar-refractivity contribution in [2.45, 2.75) is 59.0 Å². The molecule has 0 aromatic heterocycles. The van der Waals surface area contributed by atoms with Crippen molar-refractivity contribution in [3.05, 3.63) is 11.6 Å². The molecule has 0 aromatic rings. The van der Waals surface area contributed by atoms with Gasteiger partial charge in [0.25, 0.3) is 0 Å². The summed E-state index contributed by atoms with van der Waals surface area (Å²) in [5.41, 5.74) is 1.98. The number of hydrogen-bond acceptors (Lipinski definition) is 3. The Morgan fingerprint density at radius 3 is 2.55 bits per heavy atom. The van der Waals surface area contributed by atoms with Gasteiger partial charge in [0.05, 0.1) is 0 Å². The van der Waals surface area contributed by atoms with Crippen LogP contribution in [0.15, 0.2) is 11.6 Å². The molecule has 0 radical (unpaired) electrons. The van der Waals surface area contributed by atoms with Crippen LogP contribution >= 0.6 is 0 Å². The first-order valence-electron chi connectivity index (χ1n) is 7.85. The molecule has 3 nitrogen and oxygen atoms in total. The Morgan fingerprint density at radius 2 is 1.90 bits per heavy atom. The van der Waals surface area contributed by atoms with E-state index in [0.29, 0.717) is 17.3 Å². The maximum Gasteiger partial charge on any atom is 0.183 e. The lowest BCUT2D eigenvalue weighted by Gasteiger charge is -2.56. The minimum atomic E-state index is -0.215. The average molecular weight is 280 g/mol. The van der Waals surface area contributed by atoms with Crippen molar-refractivity contribution in [1.29, 1.82) is 0 Å². The Balaban J connectivity index is 2.02. The first-order valence-corrected chi connectivity index (χ1v) is 7.85. The van der Waals surface area contributed by atoms with Crippen molar-refractivity contribution >= 4 is 0 Å². The van der Waals surface area contributed by atoms with Crippen molar-refractivity contribution in [3.63, 3.8) is 0 Å². The van der Waals surface area contributed by atoms with Crippen LogP contribution in [0.3, 0.4) is 0 Å². The molecule has 1 heterocycles. The molecule has 3 heteroatoms. The molecule has 20 heavy (non-hydrogen) atoms. The Morgan fingerprint density at radius 1 is 1.15 bits per heavy atom. The molecule has 2 unspecified atom stereocenters. The van der Waals surface area contributed by atoms with Gasteiger partial charge in [0, 0.05) is 20.1 Å². The van der Waals surface area contributed by atoms with E-state index in [0.717, 1.165) is 6.42 Å². The maximum atomic E-state index is 5.98. The minimum absolute atomic E-state index is 0.159. The summed E-state index contributed by atoms with van der Waals surface area (Å²) in [4.78, 5) is 0. The van der Waals surface area contributed by atoms with Crippen LogP contribution in [0.4, 0.5) is 0 Å². The smallest absolute Gasteiger partial charge is 0.183 e. The van der Waals surface area contributed by atoms with Crippen LogP contribution in [0.5, 0.6) is 0 Å². The highest BCUT2D eigenvalue weighted by Crippen LogP contribution is 2.62. The molecule has 0 N–H and O–H groups in total. The van der Waals surface area contributed by atoms with E-state index in [1.165, 1.54) is 24.8 Å². The van der Waals surface area contributed by atoms with Gasteiger partial charge in [-0.15, -0.1) is 0 Å². The van der Waals surface area contributed by atoms with Gasteiger partial charge in [0.15, 0.2) is 12.6 Å². The third-order valence-corrected chi connectivity index (χ3v) is 6.18. The van der Waals surface area contributed by atoms with Gasteiger partial charge in [-0.2, -0.15) is 0 Å². The first kappa shape index (κ1) is 14.6. The van der Waals surface area contributed by atoms with Crippen LogP contribution in [0.25, 0.3) is 0 Å². The molecule has 3 rings (SSSR count). The van der Waals surface area contributed by atoms with E-state index in [4.69, 9.17) is 14.2 Å². The molecule has 114 valence electrons. The zero-order valence-corrected chi connectivity index (χ0v) is 13.4. The van der Waals surface area contributed by atoms with Crippen molar-refractivity contribution < 1.29 is 14.2 Å². The van der Waals surface area contributed by atoms with E-state index in [9.17, 15) is 0 Å². The predicted molar refractivity (Wildman–Crippen MR) is 78.1 cm³/mol. The van der Waals surface area contributed by atoms with Crippen LogP contribution in [0.1, 0.15) is 46.5 Å². The second-order valence-electron chi connectivity index (χ2n) is 7.63. The highest BCUT2D eigenvalue weighted by atomic mass is 16.8. The van der Waals surface area contributed by atoms with Crippen LogP contribution in [-0.2, 0) is 14.2 Å². The number of hydrogen-bond donors (Lipinski definition) is 0. The van der Waals surface area contributed by atoms with Crippen molar-refractivity contribution in [3.8, 4) is 0 Å². The summed E-state index contributed by atoms with van der Waals surface area (Å²) in [5, 5.41) is 0. The van der Waals surface area contributed by atoms with Gasteiger partial charge in [-0.25, -0.2) is 0 Å². The van der Waals surface area contributed by atoms with E-state index >= 15 is 0 Å². The van der Waals surface area contributed by atoms with Crippen LogP contribution in [0.2, 0.25) is 0 Å². The highest BCUT2D eigenvalue weighted by Gasteiger charge is 2.59. The van der Waals surface area contributed by atoms with Gasteiger partial charge in [-0.1, -0.05) is 33.3 Å². The zero-order valence-electron chi connectivity index (χ0n) is 13.4. The van der Waals surface area contributed by atoms with Crippen LogP contribution in [-0.4, -0.2) is 26.8 Å². The van der Waals surface area contributed by atoms with E-state index in [2.05, 4.69) is 26.8 Å². The van der Waals surface area contributed by atoms with Gasteiger partial charge >= 0.3 is 0 Å². The van der Waals surface area contributed by atoms with Gasteiger partial charge in [0.1, 0.15) is 0 Å². The SMILES string of the molecule is CO[C@H]1O[C@@H](OC)C2C1=CCC1C(C)(C)CCC[C@]21C. The summed E-state index contributed by atoms with van der Waals surface area (Å²) in [6.07, 6.45) is 7.04. The van der Waals surface area contributed by atoms with Crippen molar-refractivity contribution in [2.75, 3.05) is 14.2 Å². The fourth-order valence-corrected chi connectivity index (χ4v) is 5.26. The van der Waals surface area contributed by atoms with Gasteiger partial charge in [-0.05, 0) is 41.6 Å².